The number of fused-ring (bicyclic) bond motifs is 3. The second-order valence-electron chi connectivity index (χ2n) is 7.85. The maximum atomic E-state index is 13.2. The molecular weight excluding hydrogens is 352 g/mol. The van der Waals surface area contributed by atoms with Gasteiger partial charge in [-0.05, 0) is 18.9 Å². The van der Waals surface area contributed by atoms with E-state index in [1.165, 1.54) is 0 Å². The molecule has 27 heavy (non-hydrogen) atoms. The van der Waals surface area contributed by atoms with E-state index in [9.17, 15) is 13.6 Å². The van der Waals surface area contributed by atoms with Crippen LogP contribution in [0.15, 0.2) is 24.7 Å². The number of amides is 1. The molecule has 8 heteroatoms. The number of nitrogens with zero attached hydrogens (tertiary/aromatic N) is 5. The first-order chi connectivity index (χ1) is 12.9. The zero-order chi connectivity index (χ0) is 18.8. The van der Waals surface area contributed by atoms with Crippen molar-refractivity contribution >= 4 is 22.7 Å². The Labute approximate surface area is 154 Å². The van der Waals surface area contributed by atoms with Crippen LogP contribution in [0.25, 0.3) is 16.8 Å². The van der Waals surface area contributed by atoms with Gasteiger partial charge >= 0.3 is 0 Å². The number of imidazole rings is 1. The van der Waals surface area contributed by atoms with Crippen molar-refractivity contribution in [3.05, 3.63) is 30.4 Å². The number of hydrogen-bond donors (Lipinski definition) is 0. The number of alkyl halides is 2. The molecule has 0 spiro atoms. The largest absolute Gasteiger partial charge is 0.342 e. The van der Waals surface area contributed by atoms with Crippen LogP contribution in [-0.2, 0) is 11.8 Å². The van der Waals surface area contributed by atoms with Gasteiger partial charge in [-0.15, -0.1) is 0 Å². The smallest absolute Gasteiger partial charge is 0.249 e. The molecule has 1 aliphatic carbocycles. The van der Waals surface area contributed by atoms with Gasteiger partial charge in [-0.25, -0.2) is 18.7 Å². The Bertz CT molecular complexity index is 1030. The molecular formula is C19H21F2N5O. The zero-order valence-electron chi connectivity index (χ0n) is 15.1. The molecule has 3 aromatic rings. The highest BCUT2D eigenvalue weighted by atomic mass is 19.3. The third-order valence-electron chi connectivity index (χ3n) is 5.97. The molecule has 1 atom stereocenters. The van der Waals surface area contributed by atoms with Crippen molar-refractivity contribution < 1.29 is 13.6 Å². The van der Waals surface area contributed by atoms with Crippen molar-refractivity contribution in [1.29, 1.82) is 0 Å². The highest BCUT2D eigenvalue weighted by molar-refractivity contribution is 5.80. The fourth-order valence-electron chi connectivity index (χ4n) is 4.49. The molecule has 1 amide bonds. The topological polar surface area (TPSA) is 55.4 Å². The summed E-state index contributed by atoms with van der Waals surface area (Å²) in [5, 5.41) is 0. The predicted octanol–water partition coefficient (Wildman–Crippen LogP) is 2.97. The summed E-state index contributed by atoms with van der Waals surface area (Å²) in [5.74, 6) is -3.16. The quantitative estimate of drug-likeness (QED) is 0.694. The number of aromatic nitrogens is 4. The highest BCUT2D eigenvalue weighted by Crippen LogP contribution is 2.44. The molecule has 0 aromatic carbocycles. The summed E-state index contributed by atoms with van der Waals surface area (Å²) in [7, 11) is 1.95. The maximum absolute atomic E-state index is 13.2. The molecule has 2 fully saturated rings. The van der Waals surface area contributed by atoms with Gasteiger partial charge in [0.1, 0.15) is 0 Å². The highest BCUT2D eigenvalue weighted by Gasteiger charge is 2.50. The molecule has 142 valence electrons. The summed E-state index contributed by atoms with van der Waals surface area (Å²) in [6, 6.07) is 2.02. The first-order valence-corrected chi connectivity index (χ1v) is 9.37. The normalized spacial score (nSPS) is 23.1. The zero-order valence-corrected chi connectivity index (χ0v) is 15.1. The van der Waals surface area contributed by atoms with E-state index in [4.69, 9.17) is 0 Å². The first kappa shape index (κ1) is 16.6. The van der Waals surface area contributed by atoms with E-state index in [1.807, 2.05) is 30.1 Å². The van der Waals surface area contributed by atoms with E-state index >= 15 is 0 Å². The molecule has 1 saturated heterocycles. The van der Waals surface area contributed by atoms with Crippen molar-refractivity contribution in [3.8, 4) is 0 Å². The monoisotopic (exact) mass is 373 g/mol. The minimum Gasteiger partial charge on any atom is -0.342 e. The van der Waals surface area contributed by atoms with Gasteiger partial charge < -0.3 is 9.47 Å². The molecule has 1 aliphatic heterocycles. The number of aryl methyl sites for hydroxylation is 1. The van der Waals surface area contributed by atoms with Crippen molar-refractivity contribution in [2.45, 2.75) is 37.5 Å². The van der Waals surface area contributed by atoms with Crippen LogP contribution in [0, 0.1) is 5.92 Å². The lowest BCUT2D eigenvalue weighted by molar-refractivity contribution is -0.160. The van der Waals surface area contributed by atoms with Gasteiger partial charge in [-0.2, -0.15) is 0 Å². The molecule has 3 aromatic heterocycles. The number of carbonyl (C=O) groups is 1. The SMILES string of the molecule is Cn1ccc2c1ncc1ncc([C@@H]3CCCN(C(=O)C4CC(F)(F)C4)C3)n12. The Kier molecular flexibility index (Phi) is 3.54. The van der Waals surface area contributed by atoms with Crippen molar-refractivity contribution in [2.24, 2.45) is 13.0 Å². The van der Waals surface area contributed by atoms with Crippen molar-refractivity contribution in [1.82, 2.24) is 23.8 Å². The first-order valence-electron chi connectivity index (χ1n) is 9.37. The Morgan fingerprint density at radius 2 is 2.07 bits per heavy atom. The molecule has 0 radical (unpaired) electrons. The molecule has 5 rings (SSSR count). The van der Waals surface area contributed by atoms with Gasteiger partial charge in [0.25, 0.3) is 0 Å². The lowest BCUT2D eigenvalue weighted by atomic mass is 9.79. The van der Waals surface area contributed by atoms with Gasteiger partial charge in [0.05, 0.1) is 11.7 Å². The van der Waals surface area contributed by atoms with Crippen LogP contribution in [0.3, 0.4) is 0 Å². The van der Waals surface area contributed by atoms with Crippen LogP contribution in [0.4, 0.5) is 8.78 Å². The number of halogens is 2. The van der Waals surface area contributed by atoms with Gasteiger partial charge in [0.2, 0.25) is 11.8 Å². The summed E-state index contributed by atoms with van der Waals surface area (Å²) in [6.07, 6.45) is 6.80. The Balaban J connectivity index is 1.44. The second kappa shape index (κ2) is 5.74. The lowest BCUT2D eigenvalue weighted by Gasteiger charge is -2.40. The fraction of sp³-hybridized carbons (Fsp3) is 0.526. The standard InChI is InChI=1S/C19H21F2N5O/c1-24-6-4-14-17(24)23-10-16-22-9-15(26(14)16)12-3-2-5-25(11-12)18(27)13-7-19(20,21)8-13/h4,6,9-10,12-13H,2-3,5,7-8,11H2,1H3/t12-/m1/s1. The van der Waals surface area contributed by atoms with Crippen molar-refractivity contribution in [3.63, 3.8) is 0 Å². The fourth-order valence-corrected chi connectivity index (χ4v) is 4.49. The van der Waals surface area contributed by atoms with Crippen LogP contribution < -0.4 is 0 Å². The Hall–Kier alpha value is -2.51. The average molecular weight is 373 g/mol. The molecule has 0 unspecified atom stereocenters. The lowest BCUT2D eigenvalue weighted by Crippen LogP contribution is -2.49. The Morgan fingerprint density at radius 3 is 2.85 bits per heavy atom. The van der Waals surface area contributed by atoms with Gasteiger partial charge in [-0.1, -0.05) is 0 Å². The maximum Gasteiger partial charge on any atom is 0.249 e. The minimum absolute atomic E-state index is 0.119. The van der Waals surface area contributed by atoms with E-state index in [2.05, 4.69) is 14.4 Å². The summed E-state index contributed by atoms with van der Waals surface area (Å²) >= 11 is 0. The molecule has 0 bridgehead atoms. The number of rotatable bonds is 2. The Morgan fingerprint density at radius 1 is 1.26 bits per heavy atom. The van der Waals surface area contributed by atoms with E-state index < -0.39 is 11.8 Å². The molecule has 6 nitrogen and oxygen atoms in total. The van der Waals surface area contributed by atoms with Crippen LogP contribution >= 0.6 is 0 Å². The molecule has 1 saturated carbocycles. The summed E-state index contributed by atoms with van der Waals surface area (Å²) in [6.45, 7) is 1.21. The number of carbonyl (C=O) groups excluding carboxylic acids is 1. The van der Waals surface area contributed by atoms with Gasteiger partial charge in [0, 0.05) is 62.9 Å². The molecule has 4 heterocycles. The summed E-state index contributed by atoms with van der Waals surface area (Å²) < 4.78 is 30.4. The van der Waals surface area contributed by atoms with E-state index in [1.54, 1.807) is 11.1 Å². The number of likely N-dealkylation sites (tertiary alicyclic amines) is 1. The predicted molar refractivity (Wildman–Crippen MR) is 95.7 cm³/mol. The van der Waals surface area contributed by atoms with E-state index in [-0.39, 0.29) is 24.7 Å². The molecule has 0 N–H and O–H groups in total. The van der Waals surface area contributed by atoms with Crippen LogP contribution in [-0.4, -0.2) is 48.8 Å². The second-order valence-corrected chi connectivity index (χ2v) is 7.85. The van der Waals surface area contributed by atoms with Gasteiger partial charge in [-0.3, -0.25) is 9.20 Å². The van der Waals surface area contributed by atoms with Gasteiger partial charge in [0.15, 0.2) is 11.3 Å². The third kappa shape index (κ3) is 2.61. The minimum atomic E-state index is -2.66. The van der Waals surface area contributed by atoms with Crippen molar-refractivity contribution in [2.75, 3.05) is 13.1 Å². The number of piperidine rings is 1. The summed E-state index contributed by atoms with van der Waals surface area (Å²) in [4.78, 5) is 23.4. The average Bonchev–Trinajstić information content (AvgIpc) is 3.23. The summed E-state index contributed by atoms with van der Waals surface area (Å²) in [5.41, 5.74) is 3.71. The number of hydrogen-bond acceptors (Lipinski definition) is 3. The van der Waals surface area contributed by atoms with E-state index in [0.29, 0.717) is 13.1 Å². The van der Waals surface area contributed by atoms with E-state index in [0.717, 1.165) is 35.3 Å². The molecule has 2 aliphatic rings. The van der Waals surface area contributed by atoms with Crippen LogP contribution in [0.5, 0.6) is 0 Å². The van der Waals surface area contributed by atoms with Crippen LogP contribution in [0.1, 0.15) is 37.3 Å². The third-order valence-corrected chi connectivity index (χ3v) is 5.97. The van der Waals surface area contributed by atoms with Crippen LogP contribution in [0.2, 0.25) is 0 Å².